The second kappa shape index (κ2) is 38.6. The van der Waals surface area contributed by atoms with Gasteiger partial charge in [-0.05, 0) is 83.5 Å². The van der Waals surface area contributed by atoms with Gasteiger partial charge in [0.25, 0.3) is 0 Å². The van der Waals surface area contributed by atoms with E-state index in [4.69, 9.17) is 24.3 Å². The highest BCUT2D eigenvalue weighted by Gasteiger charge is 2.25. The molecule has 0 spiro atoms. The Labute approximate surface area is 321 Å². The van der Waals surface area contributed by atoms with Crippen molar-refractivity contribution >= 4 is 19.8 Å². The lowest BCUT2D eigenvalue weighted by Gasteiger charge is -2.19. The Balaban J connectivity index is 4.36. The standard InChI is InChI=1S/C43H70NO8P/c1-3-5-7-9-11-13-15-17-19-20-22-23-25-27-29-31-33-35-42(45)49-39-41(40-51-53(47,48)50-38-37-44)52-43(46)36-34-32-30-28-26-24-21-18-16-14-12-10-8-6-4-2/h5-8,11-14,17-19,21-23,27,29,41H,3-4,9-10,15-16,20,24-26,28,30-40,44H2,1-2H3,(H,47,48)/t41-/m1/s1. The summed E-state index contributed by atoms with van der Waals surface area (Å²) in [7, 11) is -4.40. The largest absolute Gasteiger partial charge is 0.472 e. The molecule has 53 heavy (non-hydrogen) atoms. The molecule has 300 valence electrons. The molecule has 0 heterocycles. The van der Waals surface area contributed by atoms with E-state index in [1.165, 1.54) is 0 Å². The number of ether oxygens (including phenoxy) is 2. The highest BCUT2D eigenvalue weighted by atomic mass is 31.2. The van der Waals surface area contributed by atoms with Crippen molar-refractivity contribution in [3.63, 3.8) is 0 Å². The van der Waals surface area contributed by atoms with Crippen LogP contribution in [-0.2, 0) is 32.7 Å². The van der Waals surface area contributed by atoms with Crippen LogP contribution in [0.5, 0.6) is 0 Å². The van der Waals surface area contributed by atoms with Crippen LogP contribution in [0.25, 0.3) is 0 Å². The maximum Gasteiger partial charge on any atom is 0.472 e. The molecule has 0 aromatic heterocycles. The molecule has 0 aliphatic carbocycles. The van der Waals surface area contributed by atoms with E-state index in [1.54, 1.807) is 0 Å². The number of phosphoric acid groups is 1. The van der Waals surface area contributed by atoms with Gasteiger partial charge in [-0.15, -0.1) is 0 Å². The van der Waals surface area contributed by atoms with Crippen molar-refractivity contribution in [3.8, 4) is 0 Å². The second-order valence-electron chi connectivity index (χ2n) is 12.4. The highest BCUT2D eigenvalue weighted by molar-refractivity contribution is 7.47. The zero-order valence-electron chi connectivity index (χ0n) is 32.7. The fraction of sp³-hybridized carbons (Fsp3) is 0.581. The molecule has 9 nitrogen and oxygen atoms in total. The molecule has 1 unspecified atom stereocenters. The van der Waals surface area contributed by atoms with E-state index in [0.717, 1.165) is 89.9 Å². The number of esters is 2. The van der Waals surface area contributed by atoms with Crippen LogP contribution in [0, 0.1) is 0 Å². The van der Waals surface area contributed by atoms with Crippen LogP contribution < -0.4 is 5.73 Å². The van der Waals surface area contributed by atoms with Crippen molar-refractivity contribution in [1.29, 1.82) is 0 Å². The highest BCUT2D eigenvalue weighted by Crippen LogP contribution is 2.43. The maximum absolute atomic E-state index is 12.5. The molecule has 0 aromatic rings. The predicted octanol–water partition coefficient (Wildman–Crippen LogP) is 11.0. The first-order chi connectivity index (χ1) is 25.8. The Hall–Kier alpha value is -3.07. The summed E-state index contributed by atoms with van der Waals surface area (Å²) in [5.41, 5.74) is 5.33. The number of hydrogen-bond acceptors (Lipinski definition) is 8. The average Bonchev–Trinajstić information content (AvgIpc) is 3.14. The first-order valence-electron chi connectivity index (χ1n) is 19.7. The molecular weight excluding hydrogens is 689 g/mol. The van der Waals surface area contributed by atoms with E-state index < -0.39 is 32.5 Å². The van der Waals surface area contributed by atoms with Crippen LogP contribution in [0.1, 0.15) is 129 Å². The quantitative estimate of drug-likeness (QED) is 0.0280. The van der Waals surface area contributed by atoms with Crippen molar-refractivity contribution in [2.45, 2.75) is 136 Å². The molecule has 0 fully saturated rings. The summed E-state index contributed by atoms with van der Waals surface area (Å²) in [5.74, 6) is -0.930. The molecule has 0 amide bonds. The monoisotopic (exact) mass is 759 g/mol. The molecule has 0 saturated heterocycles. The third kappa shape index (κ3) is 38.5. The molecule has 0 aliphatic rings. The number of nitrogens with two attached hydrogens (primary N) is 1. The smallest absolute Gasteiger partial charge is 0.462 e. The van der Waals surface area contributed by atoms with Gasteiger partial charge in [0, 0.05) is 19.4 Å². The zero-order valence-corrected chi connectivity index (χ0v) is 33.6. The SMILES string of the molecule is CCC=CCC=CCC=CCC=CCC=CCCCC(=O)OC[C@H](COP(=O)(O)OCCN)OC(=O)CCCCCCCC=CCC=CCC=CCC. The molecule has 0 radical (unpaired) electrons. The van der Waals surface area contributed by atoms with Gasteiger partial charge in [-0.1, -0.05) is 130 Å². The van der Waals surface area contributed by atoms with Gasteiger partial charge in [0.2, 0.25) is 0 Å². The van der Waals surface area contributed by atoms with Crippen molar-refractivity contribution in [1.82, 2.24) is 0 Å². The first-order valence-corrected chi connectivity index (χ1v) is 21.2. The summed E-state index contributed by atoms with van der Waals surface area (Å²) in [6.45, 7) is 3.38. The van der Waals surface area contributed by atoms with Crippen LogP contribution in [0.15, 0.2) is 97.2 Å². The summed E-state index contributed by atoms with van der Waals surface area (Å²) in [5, 5.41) is 0. The number of carbonyl (C=O) groups excluding carboxylic acids is 2. The van der Waals surface area contributed by atoms with Gasteiger partial charge in [-0.2, -0.15) is 0 Å². The summed E-state index contributed by atoms with van der Waals surface area (Å²) < 4.78 is 32.6. The maximum atomic E-state index is 12.5. The van der Waals surface area contributed by atoms with Gasteiger partial charge in [-0.25, -0.2) is 4.57 Å². The lowest BCUT2D eigenvalue weighted by atomic mass is 10.1. The number of rotatable bonds is 35. The molecule has 0 rings (SSSR count). The van der Waals surface area contributed by atoms with Crippen LogP contribution in [0.3, 0.4) is 0 Å². The summed E-state index contributed by atoms with van der Waals surface area (Å²) in [6, 6.07) is 0. The van der Waals surface area contributed by atoms with Gasteiger partial charge < -0.3 is 20.1 Å². The van der Waals surface area contributed by atoms with E-state index in [-0.39, 0.29) is 32.6 Å². The van der Waals surface area contributed by atoms with Crippen LogP contribution in [-0.4, -0.2) is 49.3 Å². The molecule has 0 bridgehead atoms. The zero-order chi connectivity index (χ0) is 38.9. The fourth-order valence-electron chi connectivity index (χ4n) is 4.62. The molecule has 0 saturated carbocycles. The Morgan fingerprint density at radius 2 is 1.00 bits per heavy atom. The molecule has 0 aliphatic heterocycles. The number of unbranched alkanes of at least 4 members (excludes halogenated alkanes) is 6. The van der Waals surface area contributed by atoms with Gasteiger partial charge in [0.15, 0.2) is 6.10 Å². The Morgan fingerprint density at radius 3 is 1.51 bits per heavy atom. The van der Waals surface area contributed by atoms with E-state index in [0.29, 0.717) is 12.8 Å². The second-order valence-corrected chi connectivity index (χ2v) is 13.8. The van der Waals surface area contributed by atoms with Crippen LogP contribution in [0.2, 0.25) is 0 Å². The number of phosphoric ester groups is 1. The van der Waals surface area contributed by atoms with E-state index in [9.17, 15) is 19.0 Å². The van der Waals surface area contributed by atoms with Crippen molar-refractivity contribution in [2.24, 2.45) is 5.73 Å². The Morgan fingerprint density at radius 1 is 0.566 bits per heavy atom. The number of carbonyl (C=O) groups is 2. The molecule has 10 heteroatoms. The van der Waals surface area contributed by atoms with E-state index in [2.05, 4.69) is 105 Å². The van der Waals surface area contributed by atoms with Gasteiger partial charge in [0.05, 0.1) is 13.2 Å². The minimum absolute atomic E-state index is 0.0370. The van der Waals surface area contributed by atoms with Crippen LogP contribution in [0.4, 0.5) is 0 Å². The Bertz CT molecular complexity index is 1180. The first kappa shape index (κ1) is 49.9. The van der Waals surface area contributed by atoms with Crippen molar-refractivity contribution < 1.29 is 37.6 Å². The summed E-state index contributed by atoms with van der Waals surface area (Å²) in [6.07, 6.45) is 48.7. The van der Waals surface area contributed by atoms with E-state index in [1.807, 2.05) is 6.08 Å². The molecule has 3 N–H and O–H groups in total. The van der Waals surface area contributed by atoms with Crippen molar-refractivity contribution in [2.75, 3.05) is 26.4 Å². The minimum Gasteiger partial charge on any atom is -0.462 e. The molecular formula is C43H70NO8P. The van der Waals surface area contributed by atoms with Gasteiger partial charge >= 0.3 is 19.8 Å². The van der Waals surface area contributed by atoms with Gasteiger partial charge in [0.1, 0.15) is 6.61 Å². The van der Waals surface area contributed by atoms with E-state index >= 15 is 0 Å². The molecule has 0 aromatic carbocycles. The molecule has 2 atom stereocenters. The normalized spacial score (nSPS) is 14.4. The van der Waals surface area contributed by atoms with Crippen molar-refractivity contribution in [3.05, 3.63) is 97.2 Å². The third-order valence-electron chi connectivity index (χ3n) is 7.47. The lowest BCUT2D eigenvalue weighted by molar-refractivity contribution is -0.161. The summed E-state index contributed by atoms with van der Waals surface area (Å²) >= 11 is 0. The third-order valence-corrected chi connectivity index (χ3v) is 8.45. The number of allylic oxidation sites excluding steroid dienone is 16. The number of hydrogen-bond donors (Lipinski definition) is 2. The van der Waals surface area contributed by atoms with Gasteiger partial charge in [-0.3, -0.25) is 18.6 Å². The fourth-order valence-corrected chi connectivity index (χ4v) is 5.39. The average molecular weight is 760 g/mol. The Kier molecular flexibility index (Phi) is 36.4. The summed E-state index contributed by atoms with van der Waals surface area (Å²) in [4.78, 5) is 34.8. The van der Waals surface area contributed by atoms with Crippen LogP contribution >= 0.6 is 7.82 Å². The topological polar surface area (TPSA) is 134 Å². The minimum atomic E-state index is -4.40. The lowest BCUT2D eigenvalue weighted by Crippen LogP contribution is -2.29. The predicted molar refractivity (Wildman–Crippen MR) is 219 cm³/mol.